The molecule has 3 N–H and O–H groups in total. The van der Waals surface area contributed by atoms with E-state index in [1.54, 1.807) is 0 Å². The molecule has 0 radical (unpaired) electrons. The number of aryl methyl sites for hydroxylation is 1. The zero-order valence-corrected chi connectivity index (χ0v) is 14.5. The van der Waals surface area contributed by atoms with E-state index in [1.165, 1.54) is 24.9 Å². The van der Waals surface area contributed by atoms with Crippen molar-refractivity contribution in [1.82, 2.24) is 0 Å². The minimum atomic E-state index is 0.363. The van der Waals surface area contributed by atoms with E-state index in [-0.39, 0.29) is 0 Å². The number of nitrogens with two attached hydrogens (primary N) is 1. The van der Waals surface area contributed by atoms with Gasteiger partial charge in [0.25, 0.3) is 0 Å². The highest BCUT2D eigenvalue weighted by molar-refractivity contribution is 9.10. The zero-order valence-electron chi connectivity index (χ0n) is 12.9. The van der Waals surface area contributed by atoms with Gasteiger partial charge in [0.05, 0.1) is 0 Å². The Bertz CT molecular complexity index is 547. The molecular formula is C17H25BrN2. The molecule has 3 heteroatoms. The van der Waals surface area contributed by atoms with Crippen LogP contribution in [0.25, 0.3) is 0 Å². The first kappa shape index (κ1) is 14.2. The van der Waals surface area contributed by atoms with Crippen LogP contribution in [0, 0.1) is 23.7 Å². The highest BCUT2D eigenvalue weighted by Crippen LogP contribution is 2.63. The maximum absolute atomic E-state index is 5.98. The Hall–Kier alpha value is -0.700. The molecule has 0 aromatic heterocycles. The summed E-state index contributed by atoms with van der Waals surface area (Å²) in [5.74, 6) is 0.860. The van der Waals surface area contributed by atoms with Gasteiger partial charge in [0, 0.05) is 21.9 Å². The van der Waals surface area contributed by atoms with Gasteiger partial charge in [0.1, 0.15) is 0 Å². The normalized spacial score (nSPS) is 34.5. The third-order valence-electron chi connectivity index (χ3n) is 5.93. The van der Waals surface area contributed by atoms with Gasteiger partial charge in [-0.1, -0.05) is 20.8 Å². The van der Waals surface area contributed by atoms with Crippen molar-refractivity contribution in [2.75, 3.05) is 11.1 Å². The van der Waals surface area contributed by atoms with Gasteiger partial charge in [-0.05, 0) is 76.6 Å². The zero-order chi connectivity index (χ0) is 14.7. The van der Waals surface area contributed by atoms with Crippen LogP contribution in [0.1, 0.15) is 45.6 Å². The second-order valence-corrected chi connectivity index (χ2v) is 8.54. The predicted octanol–water partition coefficient (Wildman–Crippen LogP) is 4.97. The van der Waals surface area contributed by atoms with Crippen molar-refractivity contribution in [3.05, 3.63) is 22.2 Å². The lowest BCUT2D eigenvalue weighted by Crippen LogP contribution is -2.45. The molecule has 0 amide bonds. The molecule has 2 fully saturated rings. The minimum absolute atomic E-state index is 0.363. The number of nitrogen functional groups attached to an aromatic ring is 1. The van der Waals surface area contributed by atoms with Crippen molar-refractivity contribution in [3.63, 3.8) is 0 Å². The first-order valence-electron chi connectivity index (χ1n) is 7.56. The first-order valence-corrected chi connectivity index (χ1v) is 8.35. The summed E-state index contributed by atoms with van der Waals surface area (Å²) in [7, 11) is 0. The second kappa shape index (κ2) is 4.40. The summed E-state index contributed by atoms with van der Waals surface area (Å²) in [6, 6.07) is 4.72. The lowest BCUT2D eigenvalue weighted by atomic mass is 9.68. The van der Waals surface area contributed by atoms with Gasteiger partial charge in [-0.3, -0.25) is 0 Å². The van der Waals surface area contributed by atoms with Gasteiger partial charge in [-0.15, -0.1) is 0 Å². The first-order chi connectivity index (χ1) is 9.24. The highest BCUT2D eigenvalue weighted by Gasteiger charge is 2.59. The van der Waals surface area contributed by atoms with Gasteiger partial charge in [0.15, 0.2) is 0 Å². The second-order valence-electron chi connectivity index (χ2n) is 7.68. The van der Waals surface area contributed by atoms with Crippen LogP contribution in [-0.4, -0.2) is 6.04 Å². The minimum Gasteiger partial charge on any atom is -0.398 e. The molecule has 0 heterocycles. The number of hydrogen-bond donors (Lipinski definition) is 2. The van der Waals surface area contributed by atoms with E-state index in [1.807, 2.05) is 6.07 Å². The van der Waals surface area contributed by atoms with Crippen molar-refractivity contribution >= 4 is 27.3 Å². The van der Waals surface area contributed by atoms with Gasteiger partial charge >= 0.3 is 0 Å². The molecular weight excluding hydrogens is 312 g/mol. The van der Waals surface area contributed by atoms with E-state index in [0.717, 1.165) is 21.6 Å². The maximum Gasteiger partial charge on any atom is 0.0491 e. The van der Waals surface area contributed by atoms with Crippen LogP contribution >= 0.6 is 15.9 Å². The Morgan fingerprint density at radius 3 is 2.60 bits per heavy atom. The van der Waals surface area contributed by atoms with Crippen LogP contribution < -0.4 is 11.1 Å². The molecule has 110 valence electrons. The maximum atomic E-state index is 5.98. The van der Waals surface area contributed by atoms with Crippen LogP contribution in [0.5, 0.6) is 0 Å². The molecule has 2 aliphatic rings. The largest absolute Gasteiger partial charge is 0.398 e. The summed E-state index contributed by atoms with van der Waals surface area (Å²) >= 11 is 3.65. The predicted molar refractivity (Wildman–Crippen MR) is 89.9 cm³/mol. The van der Waals surface area contributed by atoms with Gasteiger partial charge in [-0.2, -0.15) is 0 Å². The molecule has 2 aliphatic carbocycles. The van der Waals surface area contributed by atoms with Crippen LogP contribution in [0.4, 0.5) is 11.4 Å². The number of halogens is 1. The fourth-order valence-corrected chi connectivity index (χ4v) is 5.10. The topological polar surface area (TPSA) is 38.0 Å². The molecule has 0 spiro atoms. The summed E-state index contributed by atoms with van der Waals surface area (Å²) in [4.78, 5) is 0. The molecule has 2 nitrogen and oxygen atoms in total. The number of fused-ring (bicyclic) bond motifs is 2. The molecule has 2 saturated carbocycles. The Morgan fingerprint density at radius 2 is 2.00 bits per heavy atom. The van der Waals surface area contributed by atoms with E-state index >= 15 is 0 Å². The Kier molecular flexibility index (Phi) is 3.13. The number of rotatable bonds is 2. The average molecular weight is 337 g/mol. The molecule has 1 aromatic carbocycles. The van der Waals surface area contributed by atoms with Crippen LogP contribution in [0.2, 0.25) is 0 Å². The number of anilines is 2. The van der Waals surface area contributed by atoms with E-state index in [2.05, 4.69) is 55.0 Å². The average Bonchev–Trinajstić information content (AvgIpc) is 2.82. The Morgan fingerprint density at radius 1 is 1.30 bits per heavy atom. The molecule has 20 heavy (non-hydrogen) atoms. The fourth-order valence-electron chi connectivity index (χ4n) is 4.63. The monoisotopic (exact) mass is 336 g/mol. The molecule has 3 rings (SSSR count). The van der Waals surface area contributed by atoms with Crippen molar-refractivity contribution in [2.24, 2.45) is 16.7 Å². The molecule has 0 saturated heterocycles. The molecule has 2 bridgehead atoms. The number of nitrogens with one attached hydrogen (secondary N) is 1. The molecule has 0 aliphatic heterocycles. The van der Waals surface area contributed by atoms with E-state index in [0.29, 0.717) is 16.9 Å². The fraction of sp³-hybridized carbons (Fsp3) is 0.647. The molecule has 3 atom stereocenters. The van der Waals surface area contributed by atoms with Crippen LogP contribution in [-0.2, 0) is 0 Å². The van der Waals surface area contributed by atoms with Crippen molar-refractivity contribution in [2.45, 2.75) is 53.0 Å². The van der Waals surface area contributed by atoms with Crippen LogP contribution in [0.15, 0.2) is 16.6 Å². The van der Waals surface area contributed by atoms with Gasteiger partial charge < -0.3 is 11.1 Å². The summed E-state index contributed by atoms with van der Waals surface area (Å²) in [5, 5.41) is 3.84. The summed E-state index contributed by atoms with van der Waals surface area (Å²) in [6.07, 6.45) is 4.11. The SMILES string of the molecule is Cc1cc(NC2C3(C)CCC(C3)C2(C)C)c(Br)cc1N. The Labute approximate surface area is 130 Å². The standard InChI is InChI=1S/C17H25BrN2/c1-10-7-14(12(18)8-13(10)19)20-15-16(2,3)11-5-6-17(15,4)9-11/h7-8,11,15,20H,5-6,9,19H2,1-4H3. The molecule has 3 unspecified atom stereocenters. The van der Waals surface area contributed by atoms with Crippen LogP contribution in [0.3, 0.4) is 0 Å². The van der Waals surface area contributed by atoms with Crippen molar-refractivity contribution in [1.29, 1.82) is 0 Å². The summed E-state index contributed by atoms with van der Waals surface area (Å²) < 4.78 is 1.07. The lowest BCUT2D eigenvalue weighted by Gasteiger charge is -2.44. The van der Waals surface area contributed by atoms with Crippen molar-refractivity contribution < 1.29 is 0 Å². The lowest BCUT2D eigenvalue weighted by molar-refractivity contribution is 0.155. The molecule has 1 aromatic rings. The number of benzene rings is 1. The van der Waals surface area contributed by atoms with Gasteiger partial charge in [-0.25, -0.2) is 0 Å². The van der Waals surface area contributed by atoms with E-state index in [9.17, 15) is 0 Å². The van der Waals surface area contributed by atoms with Gasteiger partial charge in [0.2, 0.25) is 0 Å². The highest BCUT2D eigenvalue weighted by atomic mass is 79.9. The van der Waals surface area contributed by atoms with E-state index in [4.69, 9.17) is 5.73 Å². The summed E-state index contributed by atoms with van der Waals surface area (Å²) in [6.45, 7) is 9.38. The summed E-state index contributed by atoms with van der Waals surface area (Å²) in [5.41, 5.74) is 9.95. The quantitative estimate of drug-likeness (QED) is 0.748. The number of hydrogen-bond acceptors (Lipinski definition) is 2. The Balaban J connectivity index is 1.93. The van der Waals surface area contributed by atoms with Crippen molar-refractivity contribution in [3.8, 4) is 0 Å². The van der Waals surface area contributed by atoms with E-state index < -0.39 is 0 Å². The third kappa shape index (κ3) is 1.97. The third-order valence-corrected chi connectivity index (χ3v) is 6.58. The smallest absolute Gasteiger partial charge is 0.0491 e.